The number of amides is 2. The molecule has 2 aliphatic rings. The first kappa shape index (κ1) is 12.4. The minimum atomic E-state index is -0.539. The van der Waals surface area contributed by atoms with E-state index in [4.69, 9.17) is 4.74 Å². The van der Waals surface area contributed by atoms with E-state index in [1.807, 2.05) is 20.8 Å². The molecule has 4 nitrogen and oxygen atoms in total. The molecule has 96 valence electrons. The van der Waals surface area contributed by atoms with E-state index >= 15 is 0 Å². The van der Waals surface area contributed by atoms with E-state index in [0.29, 0.717) is 13.0 Å². The van der Waals surface area contributed by atoms with Crippen molar-refractivity contribution in [2.45, 2.75) is 58.5 Å². The molecule has 1 aliphatic heterocycles. The van der Waals surface area contributed by atoms with Crippen LogP contribution in [0.25, 0.3) is 0 Å². The zero-order chi connectivity index (χ0) is 12.7. The lowest BCUT2D eigenvalue weighted by atomic mass is 9.85. The number of carbonyl (C=O) groups excluding carboxylic acids is 2. The molecule has 0 N–H and O–H groups in total. The third kappa shape index (κ3) is 2.61. The minimum Gasteiger partial charge on any atom is -0.443 e. The lowest BCUT2D eigenvalue weighted by Crippen LogP contribution is -2.38. The van der Waals surface area contributed by atoms with Crippen LogP contribution >= 0.6 is 0 Å². The fourth-order valence-electron chi connectivity index (χ4n) is 2.84. The molecule has 0 unspecified atom stereocenters. The van der Waals surface area contributed by atoms with Crippen LogP contribution in [0.2, 0.25) is 0 Å². The Hall–Kier alpha value is -1.06. The van der Waals surface area contributed by atoms with Crippen molar-refractivity contribution < 1.29 is 14.3 Å². The highest BCUT2D eigenvalue weighted by Crippen LogP contribution is 2.46. The molecule has 0 aromatic carbocycles. The lowest BCUT2D eigenvalue weighted by molar-refractivity contribution is -0.127. The zero-order valence-corrected chi connectivity index (χ0v) is 10.9. The Morgan fingerprint density at radius 1 is 1.29 bits per heavy atom. The Bertz CT molecular complexity index is 337. The molecule has 2 rings (SSSR count). The van der Waals surface area contributed by atoms with Gasteiger partial charge in [-0.2, -0.15) is 0 Å². The summed E-state index contributed by atoms with van der Waals surface area (Å²) in [6.07, 6.45) is 4.53. The summed E-state index contributed by atoms with van der Waals surface area (Å²) >= 11 is 0. The van der Waals surface area contributed by atoms with E-state index in [9.17, 15) is 9.59 Å². The summed E-state index contributed by atoms with van der Waals surface area (Å²) in [5.41, 5.74) is -0.475. The molecule has 1 spiro atoms. The van der Waals surface area contributed by atoms with Crippen molar-refractivity contribution in [3.8, 4) is 0 Å². The number of rotatable bonds is 0. The van der Waals surface area contributed by atoms with Crippen molar-refractivity contribution in [2.24, 2.45) is 5.41 Å². The van der Waals surface area contributed by atoms with Crippen LogP contribution in [-0.4, -0.2) is 29.0 Å². The molecule has 1 aliphatic carbocycles. The van der Waals surface area contributed by atoms with E-state index in [1.165, 1.54) is 17.7 Å². The van der Waals surface area contributed by atoms with E-state index in [1.54, 1.807) is 0 Å². The largest absolute Gasteiger partial charge is 0.443 e. The van der Waals surface area contributed by atoms with Gasteiger partial charge in [0, 0.05) is 13.0 Å². The van der Waals surface area contributed by atoms with Gasteiger partial charge >= 0.3 is 6.09 Å². The Kier molecular flexibility index (Phi) is 2.92. The first-order valence-corrected chi connectivity index (χ1v) is 6.35. The van der Waals surface area contributed by atoms with Gasteiger partial charge in [0.2, 0.25) is 5.91 Å². The number of likely N-dealkylation sites (tertiary alicyclic amines) is 1. The molecule has 0 bridgehead atoms. The molecule has 1 heterocycles. The summed E-state index contributed by atoms with van der Waals surface area (Å²) in [7, 11) is 0. The quantitative estimate of drug-likeness (QED) is 0.653. The van der Waals surface area contributed by atoms with Gasteiger partial charge in [0.05, 0.1) is 0 Å². The van der Waals surface area contributed by atoms with Gasteiger partial charge in [-0.3, -0.25) is 4.79 Å². The molecule has 0 aromatic rings. The van der Waals surface area contributed by atoms with Crippen molar-refractivity contribution in [1.29, 1.82) is 0 Å². The highest BCUT2D eigenvalue weighted by molar-refractivity contribution is 5.94. The van der Waals surface area contributed by atoms with Crippen molar-refractivity contribution in [3.05, 3.63) is 0 Å². The van der Waals surface area contributed by atoms with E-state index in [-0.39, 0.29) is 11.3 Å². The predicted octanol–water partition coefficient (Wildman–Crippen LogP) is 2.71. The number of imide groups is 1. The molecule has 2 amide bonds. The SMILES string of the molecule is CC(C)(C)OC(=O)N1CC2(CCCC2)CC1=O. The number of nitrogens with zero attached hydrogens (tertiary/aromatic N) is 1. The fraction of sp³-hybridized carbons (Fsp3) is 0.846. The normalized spacial score (nSPS) is 23.5. The van der Waals surface area contributed by atoms with Crippen LogP contribution in [0.1, 0.15) is 52.9 Å². The summed E-state index contributed by atoms with van der Waals surface area (Å²) in [5, 5.41) is 0. The van der Waals surface area contributed by atoms with Crippen LogP contribution in [0.5, 0.6) is 0 Å². The van der Waals surface area contributed by atoms with E-state index < -0.39 is 11.7 Å². The van der Waals surface area contributed by atoms with Gasteiger partial charge in [-0.25, -0.2) is 9.69 Å². The summed E-state index contributed by atoms with van der Waals surface area (Å²) in [4.78, 5) is 25.1. The molecule has 0 atom stereocenters. The summed E-state index contributed by atoms with van der Waals surface area (Å²) < 4.78 is 5.26. The van der Waals surface area contributed by atoms with Crippen molar-refractivity contribution in [2.75, 3.05) is 6.54 Å². The van der Waals surface area contributed by atoms with Gasteiger partial charge in [-0.05, 0) is 39.0 Å². The van der Waals surface area contributed by atoms with Crippen LogP contribution in [0, 0.1) is 5.41 Å². The van der Waals surface area contributed by atoms with Crippen LogP contribution in [0.3, 0.4) is 0 Å². The smallest absolute Gasteiger partial charge is 0.417 e. The first-order valence-electron chi connectivity index (χ1n) is 6.35. The second-order valence-corrected chi connectivity index (χ2v) is 6.34. The summed E-state index contributed by atoms with van der Waals surface area (Å²) in [5.74, 6) is -0.0684. The van der Waals surface area contributed by atoms with Gasteiger partial charge in [-0.1, -0.05) is 12.8 Å². The average Bonchev–Trinajstić information content (AvgIpc) is 2.72. The Morgan fingerprint density at radius 3 is 2.41 bits per heavy atom. The second-order valence-electron chi connectivity index (χ2n) is 6.34. The third-order valence-corrected chi connectivity index (χ3v) is 3.60. The van der Waals surface area contributed by atoms with Gasteiger partial charge in [0.25, 0.3) is 0 Å². The van der Waals surface area contributed by atoms with E-state index in [2.05, 4.69) is 0 Å². The molecular formula is C13H21NO3. The average molecular weight is 239 g/mol. The Labute approximate surface area is 102 Å². The van der Waals surface area contributed by atoms with Crippen molar-refractivity contribution >= 4 is 12.0 Å². The molecule has 17 heavy (non-hydrogen) atoms. The molecule has 2 fully saturated rings. The van der Waals surface area contributed by atoms with E-state index in [0.717, 1.165) is 12.8 Å². The first-order chi connectivity index (χ1) is 7.81. The Balaban J connectivity index is 2.03. The third-order valence-electron chi connectivity index (χ3n) is 3.60. The monoisotopic (exact) mass is 239 g/mol. The van der Waals surface area contributed by atoms with Gasteiger partial charge in [0.1, 0.15) is 5.60 Å². The molecular weight excluding hydrogens is 218 g/mol. The van der Waals surface area contributed by atoms with Crippen LogP contribution in [0.4, 0.5) is 4.79 Å². The number of hydrogen-bond donors (Lipinski definition) is 0. The summed E-state index contributed by atoms with van der Waals surface area (Å²) in [6.45, 7) is 6.01. The van der Waals surface area contributed by atoms with Gasteiger partial charge in [0.15, 0.2) is 0 Å². The highest BCUT2D eigenvalue weighted by atomic mass is 16.6. The number of carbonyl (C=O) groups is 2. The minimum absolute atomic E-state index is 0.0635. The Morgan fingerprint density at radius 2 is 1.88 bits per heavy atom. The molecule has 1 saturated heterocycles. The zero-order valence-electron chi connectivity index (χ0n) is 10.9. The van der Waals surface area contributed by atoms with Gasteiger partial charge in [-0.15, -0.1) is 0 Å². The standard InChI is InChI=1S/C13H21NO3/c1-12(2,3)17-11(16)14-9-13(8-10(14)15)6-4-5-7-13/h4-9H2,1-3H3. The maximum Gasteiger partial charge on any atom is 0.417 e. The summed E-state index contributed by atoms with van der Waals surface area (Å²) in [6, 6.07) is 0. The maximum atomic E-state index is 11.9. The fourth-order valence-corrected chi connectivity index (χ4v) is 2.84. The maximum absolute atomic E-state index is 11.9. The van der Waals surface area contributed by atoms with Crippen LogP contribution in [-0.2, 0) is 9.53 Å². The number of ether oxygens (including phenoxy) is 1. The second kappa shape index (κ2) is 4.00. The molecule has 1 saturated carbocycles. The van der Waals surface area contributed by atoms with Crippen molar-refractivity contribution in [3.63, 3.8) is 0 Å². The number of hydrogen-bond acceptors (Lipinski definition) is 3. The topological polar surface area (TPSA) is 46.6 Å². The van der Waals surface area contributed by atoms with Crippen molar-refractivity contribution in [1.82, 2.24) is 4.90 Å². The highest BCUT2D eigenvalue weighted by Gasteiger charge is 2.47. The predicted molar refractivity (Wildman–Crippen MR) is 63.5 cm³/mol. The van der Waals surface area contributed by atoms with Crippen LogP contribution < -0.4 is 0 Å². The van der Waals surface area contributed by atoms with Crippen LogP contribution in [0.15, 0.2) is 0 Å². The lowest BCUT2D eigenvalue weighted by Gasteiger charge is -2.25. The molecule has 0 aromatic heterocycles. The molecule has 0 radical (unpaired) electrons. The van der Waals surface area contributed by atoms with Gasteiger partial charge < -0.3 is 4.74 Å². The molecule has 4 heteroatoms.